The van der Waals surface area contributed by atoms with E-state index in [9.17, 15) is 4.79 Å². The molecule has 0 amide bonds. The Kier molecular flexibility index (Phi) is 2.98. The van der Waals surface area contributed by atoms with E-state index >= 15 is 0 Å². The minimum absolute atomic E-state index is 0.273. The molecule has 0 unspecified atom stereocenters. The Hall–Kier alpha value is -2.81. The second-order valence-electron chi connectivity index (χ2n) is 3.41. The summed E-state index contributed by atoms with van der Waals surface area (Å²) < 4.78 is 6.73. The number of aromatic nitrogens is 2. The third kappa shape index (κ3) is 1.89. The van der Waals surface area contributed by atoms with E-state index in [1.54, 1.807) is 34.9 Å². The van der Waals surface area contributed by atoms with E-state index in [1.807, 2.05) is 0 Å². The lowest BCUT2D eigenvalue weighted by Gasteiger charge is -1.98. The number of nitriles is 1. The summed E-state index contributed by atoms with van der Waals surface area (Å²) >= 11 is 0. The van der Waals surface area contributed by atoms with Crippen LogP contribution in [0.15, 0.2) is 30.0 Å². The monoisotopic (exact) mass is 243 g/mol. The van der Waals surface area contributed by atoms with Crippen molar-refractivity contribution in [2.24, 2.45) is 0 Å². The van der Waals surface area contributed by atoms with Crippen molar-refractivity contribution in [2.75, 3.05) is 7.11 Å². The van der Waals surface area contributed by atoms with Crippen molar-refractivity contribution in [2.45, 2.75) is 0 Å². The Morgan fingerprint density at radius 2 is 2.39 bits per heavy atom. The quantitative estimate of drug-likeness (QED) is 0.649. The van der Waals surface area contributed by atoms with Gasteiger partial charge in [0, 0.05) is 6.20 Å². The van der Waals surface area contributed by atoms with Crippen molar-refractivity contribution in [3.8, 4) is 11.9 Å². The van der Waals surface area contributed by atoms with Crippen LogP contribution in [-0.4, -0.2) is 27.6 Å². The lowest BCUT2D eigenvalue weighted by atomic mass is 10.2. The van der Waals surface area contributed by atoms with Crippen LogP contribution < -0.4 is 4.74 Å². The van der Waals surface area contributed by atoms with E-state index in [0.29, 0.717) is 11.3 Å². The summed E-state index contributed by atoms with van der Waals surface area (Å²) in [6, 6.07) is 6.96. The number of carboxylic acids is 1. The first kappa shape index (κ1) is 11.7. The summed E-state index contributed by atoms with van der Waals surface area (Å²) in [6.45, 7) is 0. The summed E-state index contributed by atoms with van der Waals surface area (Å²) in [5.74, 6) is -1.01. The molecule has 6 heteroatoms. The third-order valence-electron chi connectivity index (χ3n) is 2.36. The number of imidazole rings is 1. The first-order chi connectivity index (χ1) is 8.67. The Morgan fingerprint density at radius 3 is 3.00 bits per heavy atom. The number of fused-ring (bicyclic) bond motifs is 1. The van der Waals surface area contributed by atoms with E-state index in [4.69, 9.17) is 15.1 Å². The first-order valence-corrected chi connectivity index (χ1v) is 5.03. The number of hydrogen-bond donors (Lipinski definition) is 1. The highest BCUT2D eigenvalue weighted by Gasteiger charge is 2.14. The largest absolute Gasteiger partial charge is 0.479 e. The van der Waals surface area contributed by atoms with Crippen LogP contribution in [0.3, 0.4) is 0 Å². The van der Waals surface area contributed by atoms with Gasteiger partial charge in [-0.05, 0) is 18.2 Å². The van der Waals surface area contributed by atoms with Crippen LogP contribution >= 0.6 is 0 Å². The average molecular weight is 243 g/mol. The lowest BCUT2D eigenvalue weighted by Crippen LogP contribution is -1.99. The summed E-state index contributed by atoms with van der Waals surface area (Å²) in [6.07, 6.45) is 2.95. The second-order valence-corrected chi connectivity index (χ2v) is 3.41. The molecular formula is C12H9N3O3. The van der Waals surface area contributed by atoms with Crippen LogP contribution in [0.25, 0.3) is 11.7 Å². The highest BCUT2D eigenvalue weighted by molar-refractivity contribution is 5.96. The Morgan fingerprint density at radius 1 is 1.61 bits per heavy atom. The van der Waals surface area contributed by atoms with Gasteiger partial charge < -0.3 is 9.84 Å². The van der Waals surface area contributed by atoms with Gasteiger partial charge in [-0.1, -0.05) is 6.07 Å². The van der Waals surface area contributed by atoms with E-state index < -0.39 is 5.97 Å². The summed E-state index contributed by atoms with van der Waals surface area (Å²) in [5.41, 5.74) is 0.661. The van der Waals surface area contributed by atoms with Gasteiger partial charge in [0.25, 0.3) is 0 Å². The van der Waals surface area contributed by atoms with Gasteiger partial charge in [0.2, 0.25) is 5.88 Å². The minimum Gasteiger partial charge on any atom is -0.479 e. The smallest absolute Gasteiger partial charge is 0.346 e. The summed E-state index contributed by atoms with van der Waals surface area (Å²) in [4.78, 5) is 15.0. The predicted molar refractivity (Wildman–Crippen MR) is 63.0 cm³/mol. The molecule has 2 aromatic heterocycles. The standard InChI is InChI=1S/C12H9N3O3/c1-18-11-9(6-8(7-13)12(16)17)15-5-3-2-4-10(15)14-11/h2-6H,1H3,(H,16,17). The molecule has 0 radical (unpaired) electrons. The molecule has 18 heavy (non-hydrogen) atoms. The molecule has 0 aliphatic heterocycles. The normalized spacial score (nSPS) is 11.2. The van der Waals surface area contributed by atoms with Crippen LogP contribution in [0.2, 0.25) is 0 Å². The van der Waals surface area contributed by atoms with Crippen LogP contribution in [-0.2, 0) is 4.79 Å². The van der Waals surface area contributed by atoms with Crippen LogP contribution in [0.5, 0.6) is 5.88 Å². The van der Waals surface area contributed by atoms with Gasteiger partial charge >= 0.3 is 5.97 Å². The molecule has 0 aromatic carbocycles. The Balaban J connectivity index is 2.70. The molecule has 2 aromatic rings. The predicted octanol–water partition coefficient (Wildman–Crippen LogP) is 1.33. The van der Waals surface area contributed by atoms with Gasteiger partial charge in [-0.3, -0.25) is 4.40 Å². The van der Waals surface area contributed by atoms with E-state index in [2.05, 4.69) is 4.98 Å². The van der Waals surface area contributed by atoms with Crippen molar-refractivity contribution in [3.63, 3.8) is 0 Å². The fraction of sp³-hybridized carbons (Fsp3) is 0.0833. The molecule has 0 saturated heterocycles. The highest BCUT2D eigenvalue weighted by atomic mass is 16.5. The fourth-order valence-electron chi connectivity index (χ4n) is 1.55. The van der Waals surface area contributed by atoms with Crippen molar-refractivity contribution in [1.29, 1.82) is 5.26 Å². The number of aliphatic carboxylic acids is 1. The molecule has 0 fully saturated rings. The number of hydrogen-bond acceptors (Lipinski definition) is 4. The summed E-state index contributed by atoms with van der Waals surface area (Å²) in [5, 5.41) is 17.6. The molecule has 0 saturated carbocycles. The first-order valence-electron chi connectivity index (χ1n) is 5.03. The zero-order valence-electron chi connectivity index (χ0n) is 9.49. The number of methoxy groups -OCH3 is 1. The van der Waals surface area contributed by atoms with Gasteiger partial charge in [0.05, 0.1) is 7.11 Å². The maximum atomic E-state index is 10.8. The molecular weight excluding hydrogens is 234 g/mol. The summed E-state index contributed by atoms with van der Waals surface area (Å²) in [7, 11) is 1.44. The highest BCUT2D eigenvalue weighted by Crippen LogP contribution is 2.22. The zero-order valence-corrected chi connectivity index (χ0v) is 9.49. The topological polar surface area (TPSA) is 87.6 Å². The molecule has 0 atom stereocenters. The molecule has 90 valence electrons. The van der Waals surface area contributed by atoms with Gasteiger partial charge in [-0.15, -0.1) is 0 Å². The number of carbonyl (C=O) groups is 1. The van der Waals surface area contributed by atoms with E-state index in [-0.39, 0.29) is 11.5 Å². The zero-order chi connectivity index (χ0) is 13.1. The van der Waals surface area contributed by atoms with Crippen LogP contribution in [0.4, 0.5) is 0 Å². The van der Waals surface area contributed by atoms with Crippen molar-refractivity contribution in [3.05, 3.63) is 35.7 Å². The second kappa shape index (κ2) is 4.59. The number of ether oxygens (including phenoxy) is 1. The molecule has 2 heterocycles. The van der Waals surface area contributed by atoms with Crippen molar-refractivity contribution < 1.29 is 14.6 Å². The molecule has 0 spiro atoms. The van der Waals surface area contributed by atoms with Crippen molar-refractivity contribution in [1.82, 2.24) is 9.38 Å². The van der Waals surface area contributed by atoms with Crippen molar-refractivity contribution >= 4 is 17.7 Å². The Bertz CT molecular complexity index is 679. The molecule has 2 rings (SSSR count). The van der Waals surface area contributed by atoms with E-state index in [0.717, 1.165) is 0 Å². The van der Waals surface area contributed by atoms with Gasteiger partial charge in [-0.25, -0.2) is 4.79 Å². The lowest BCUT2D eigenvalue weighted by molar-refractivity contribution is -0.132. The molecule has 0 bridgehead atoms. The number of nitrogens with zero attached hydrogens (tertiary/aromatic N) is 3. The van der Waals surface area contributed by atoms with Crippen LogP contribution in [0.1, 0.15) is 5.69 Å². The number of carboxylic acid groups (broad SMARTS) is 1. The van der Waals surface area contributed by atoms with Gasteiger partial charge in [0.15, 0.2) is 0 Å². The molecule has 0 aliphatic carbocycles. The molecule has 6 nitrogen and oxygen atoms in total. The third-order valence-corrected chi connectivity index (χ3v) is 2.36. The number of rotatable bonds is 3. The maximum absolute atomic E-state index is 10.8. The van der Waals surface area contributed by atoms with E-state index in [1.165, 1.54) is 13.2 Å². The SMILES string of the molecule is COc1nc2ccccn2c1C=C(C#N)C(=O)O. The maximum Gasteiger partial charge on any atom is 0.346 e. The molecule has 0 aliphatic rings. The Labute approximate surface area is 102 Å². The van der Waals surface area contributed by atoms with Crippen LogP contribution in [0, 0.1) is 11.3 Å². The molecule has 1 N–H and O–H groups in total. The average Bonchev–Trinajstić information content (AvgIpc) is 2.73. The van der Waals surface area contributed by atoms with Gasteiger partial charge in [-0.2, -0.15) is 10.2 Å². The minimum atomic E-state index is -1.29. The fourth-order valence-corrected chi connectivity index (χ4v) is 1.55. The van der Waals surface area contributed by atoms with Gasteiger partial charge in [0.1, 0.15) is 23.0 Å². The number of pyridine rings is 1.